The van der Waals surface area contributed by atoms with Crippen LogP contribution in [0.2, 0.25) is 0 Å². The predicted octanol–water partition coefficient (Wildman–Crippen LogP) is 3.28. The van der Waals surface area contributed by atoms with E-state index in [1.165, 1.54) is 10.4 Å². The summed E-state index contributed by atoms with van der Waals surface area (Å²) in [4.78, 5) is 8.23. The molecule has 19 heavy (non-hydrogen) atoms. The minimum atomic E-state index is 0.430. The normalized spacial score (nSPS) is 10.9. The van der Waals surface area contributed by atoms with Crippen molar-refractivity contribution in [2.75, 3.05) is 11.9 Å². The van der Waals surface area contributed by atoms with Crippen molar-refractivity contribution in [3.8, 4) is 0 Å². The summed E-state index contributed by atoms with van der Waals surface area (Å²) in [6, 6.07) is 8.94. The van der Waals surface area contributed by atoms with Gasteiger partial charge in [0.1, 0.15) is 5.82 Å². The molecule has 0 aromatic carbocycles. The highest BCUT2D eigenvalue weighted by Gasteiger charge is 2.13. The first-order valence-electron chi connectivity index (χ1n) is 6.59. The van der Waals surface area contributed by atoms with Gasteiger partial charge in [-0.2, -0.15) is 0 Å². The highest BCUT2D eigenvalue weighted by Crippen LogP contribution is 2.21. The molecule has 0 saturated heterocycles. The zero-order valence-electron chi connectivity index (χ0n) is 11.8. The minimum absolute atomic E-state index is 0.430. The van der Waals surface area contributed by atoms with Crippen LogP contribution < -0.4 is 10.2 Å². The summed E-state index contributed by atoms with van der Waals surface area (Å²) in [5.41, 5.74) is 1.27. The van der Waals surface area contributed by atoms with E-state index in [-0.39, 0.29) is 0 Å². The Morgan fingerprint density at radius 3 is 2.84 bits per heavy atom. The van der Waals surface area contributed by atoms with E-state index in [9.17, 15) is 0 Å². The summed E-state index contributed by atoms with van der Waals surface area (Å²) < 4.78 is 0. The van der Waals surface area contributed by atoms with Crippen LogP contribution in [0, 0.1) is 0 Å². The van der Waals surface area contributed by atoms with Gasteiger partial charge in [-0.15, -0.1) is 11.3 Å². The molecule has 0 radical (unpaired) electrons. The number of nitrogens with one attached hydrogen (secondary N) is 1. The van der Waals surface area contributed by atoms with Crippen molar-refractivity contribution in [2.45, 2.75) is 33.0 Å². The van der Waals surface area contributed by atoms with Crippen LogP contribution in [0.1, 0.15) is 24.3 Å². The number of anilines is 1. The van der Waals surface area contributed by atoms with Gasteiger partial charge in [-0.25, -0.2) is 4.98 Å². The minimum Gasteiger partial charge on any atom is -0.349 e. The van der Waals surface area contributed by atoms with Gasteiger partial charge in [0, 0.05) is 23.7 Å². The maximum atomic E-state index is 4.53. The Hall–Kier alpha value is -1.39. The summed E-state index contributed by atoms with van der Waals surface area (Å²) >= 11 is 1.80. The van der Waals surface area contributed by atoms with Crippen molar-refractivity contribution in [1.82, 2.24) is 10.3 Å². The molecule has 0 unspecified atom stereocenters. The van der Waals surface area contributed by atoms with Crippen LogP contribution in [0.25, 0.3) is 0 Å². The first kappa shape index (κ1) is 14.0. The molecule has 3 nitrogen and oxygen atoms in total. The molecule has 0 bridgehead atoms. The smallest absolute Gasteiger partial charge is 0.129 e. The molecular weight excluding hydrogens is 254 g/mol. The standard InChI is InChI=1S/C15H21N3S/c1-12(2)18(11-14-5-4-8-19-14)15-9-13(10-16-3)6-7-17-15/h4-9,12,16H,10-11H2,1-3H3. The van der Waals surface area contributed by atoms with Crippen LogP contribution in [-0.2, 0) is 13.1 Å². The van der Waals surface area contributed by atoms with E-state index in [2.05, 4.69) is 58.7 Å². The summed E-state index contributed by atoms with van der Waals surface area (Å²) in [5.74, 6) is 1.05. The Morgan fingerprint density at radius 2 is 2.21 bits per heavy atom. The average Bonchev–Trinajstić information content (AvgIpc) is 2.89. The molecule has 2 aromatic heterocycles. The molecule has 0 saturated carbocycles. The number of pyridine rings is 1. The van der Waals surface area contributed by atoms with Crippen molar-refractivity contribution in [3.63, 3.8) is 0 Å². The zero-order chi connectivity index (χ0) is 13.7. The Morgan fingerprint density at radius 1 is 1.37 bits per heavy atom. The monoisotopic (exact) mass is 275 g/mol. The molecule has 0 aliphatic heterocycles. The van der Waals surface area contributed by atoms with Gasteiger partial charge < -0.3 is 10.2 Å². The Bertz CT molecular complexity index is 494. The molecule has 0 amide bonds. The number of aromatic nitrogens is 1. The van der Waals surface area contributed by atoms with Crippen molar-refractivity contribution in [1.29, 1.82) is 0 Å². The largest absolute Gasteiger partial charge is 0.349 e. The molecular formula is C15H21N3S. The van der Waals surface area contributed by atoms with Gasteiger partial charge in [-0.05, 0) is 50.0 Å². The fourth-order valence-electron chi connectivity index (χ4n) is 2.03. The highest BCUT2D eigenvalue weighted by atomic mass is 32.1. The summed E-state index contributed by atoms with van der Waals surface area (Å²) in [5, 5.41) is 5.30. The number of hydrogen-bond acceptors (Lipinski definition) is 4. The van der Waals surface area contributed by atoms with Gasteiger partial charge in [-0.1, -0.05) is 6.07 Å². The SMILES string of the molecule is CNCc1ccnc(N(Cc2cccs2)C(C)C)c1. The third-order valence-electron chi connectivity index (χ3n) is 3.01. The lowest BCUT2D eigenvalue weighted by molar-refractivity contribution is 0.675. The van der Waals surface area contributed by atoms with Crippen LogP contribution in [-0.4, -0.2) is 18.1 Å². The van der Waals surface area contributed by atoms with E-state index in [1.807, 2.05) is 13.2 Å². The second-order valence-corrected chi connectivity index (χ2v) is 5.89. The van der Waals surface area contributed by atoms with Gasteiger partial charge in [0.25, 0.3) is 0 Å². The third kappa shape index (κ3) is 3.78. The number of hydrogen-bond donors (Lipinski definition) is 1. The van der Waals surface area contributed by atoms with Gasteiger partial charge in [0.15, 0.2) is 0 Å². The van der Waals surface area contributed by atoms with Crippen molar-refractivity contribution < 1.29 is 0 Å². The molecule has 0 spiro atoms. The third-order valence-corrected chi connectivity index (χ3v) is 3.88. The quantitative estimate of drug-likeness (QED) is 0.877. The lowest BCUT2D eigenvalue weighted by Crippen LogP contribution is -2.30. The van der Waals surface area contributed by atoms with Crippen LogP contribution in [0.3, 0.4) is 0 Å². The molecule has 0 fully saturated rings. The van der Waals surface area contributed by atoms with Gasteiger partial charge >= 0.3 is 0 Å². The Kier molecular flexibility index (Phi) is 4.93. The molecule has 2 aromatic rings. The molecule has 0 atom stereocenters. The first-order valence-corrected chi connectivity index (χ1v) is 7.47. The summed E-state index contributed by atoms with van der Waals surface area (Å²) in [6.07, 6.45) is 1.89. The highest BCUT2D eigenvalue weighted by molar-refractivity contribution is 7.09. The maximum Gasteiger partial charge on any atom is 0.129 e. The molecule has 0 aliphatic carbocycles. The van der Waals surface area contributed by atoms with E-state index in [1.54, 1.807) is 11.3 Å². The van der Waals surface area contributed by atoms with Gasteiger partial charge in [-0.3, -0.25) is 0 Å². The summed E-state index contributed by atoms with van der Waals surface area (Å²) in [7, 11) is 1.96. The number of nitrogens with zero attached hydrogens (tertiary/aromatic N) is 2. The van der Waals surface area contributed by atoms with Crippen LogP contribution in [0.4, 0.5) is 5.82 Å². The molecule has 4 heteroatoms. The molecule has 2 heterocycles. The lowest BCUT2D eigenvalue weighted by atomic mass is 10.2. The number of thiophene rings is 1. The molecule has 0 aliphatic rings. The van der Waals surface area contributed by atoms with Crippen LogP contribution in [0.15, 0.2) is 35.8 Å². The van der Waals surface area contributed by atoms with Crippen LogP contribution >= 0.6 is 11.3 Å². The van der Waals surface area contributed by atoms with Gasteiger partial charge in [0.2, 0.25) is 0 Å². The fourth-order valence-corrected chi connectivity index (χ4v) is 2.73. The Labute approximate surface area is 119 Å². The van der Waals surface area contributed by atoms with Gasteiger partial charge in [0.05, 0.1) is 6.54 Å². The number of rotatable bonds is 6. The second-order valence-electron chi connectivity index (χ2n) is 4.85. The summed E-state index contributed by atoms with van der Waals surface area (Å²) in [6.45, 7) is 6.21. The maximum absolute atomic E-state index is 4.53. The van der Waals surface area contributed by atoms with E-state index in [4.69, 9.17) is 0 Å². The van der Waals surface area contributed by atoms with E-state index < -0.39 is 0 Å². The van der Waals surface area contributed by atoms with Crippen LogP contribution in [0.5, 0.6) is 0 Å². The zero-order valence-corrected chi connectivity index (χ0v) is 12.6. The van der Waals surface area contributed by atoms with E-state index in [0.717, 1.165) is 18.9 Å². The van der Waals surface area contributed by atoms with Crippen molar-refractivity contribution in [3.05, 3.63) is 46.3 Å². The predicted molar refractivity (Wildman–Crippen MR) is 82.6 cm³/mol. The average molecular weight is 275 g/mol. The topological polar surface area (TPSA) is 28.2 Å². The molecule has 1 N–H and O–H groups in total. The van der Waals surface area contributed by atoms with E-state index in [0.29, 0.717) is 6.04 Å². The van der Waals surface area contributed by atoms with E-state index >= 15 is 0 Å². The molecule has 102 valence electrons. The second kappa shape index (κ2) is 6.68. The van der Waals surface area contributed by atoms with Crippen molar-refractivity contribution >= 4 is 17.2 Å². The van der Waals surface area contributed by atoms with Crippen molar-refractivity contribution in [2.24, 2.45) is 0 Å². The fraction of sp³-hybridized carbons (Fsp3) is 0.400. The lowest BCUT2D eigenvalue weighted by Gasteiger charge is -2.27. The molecule has 2 rings (SSSR count). The Balaban J connectivity index is 2.20. The first-order chi connectivity index (χ1) is 9.20.